The zero-order chi connectivity index (χ0) is 28.1. The van der Waals surface area contributed by atoms with Gasteiger partial charge in [0.2, 0.25) is 0 Å². The van der Waals surface area contributed by atoms with Crippen molar-refractivity contribution < 1.29 is 33.4 Å². The maximum Gasteiger partial charge on any atom is 0.335 e. The summed E-state index contributed by atoms with van der Waals surface area (Å²) in [5.41, 5.74) is 1.87. The van der Waals surface area contributed by atoms with E-state index in [-0.39, 0.29) is 29.4 Å². The molecular weight excluding hydrogens is 526 g/mol. The number of hydrogen-bond acceptors (Lipinski definition) is 7. The van der Waals surface area contributed by atoms with Crippen LogP contribution in [0.15, 0.2) is 66.2 Å². The molecule has 1 fully saturated rings. The minimum atomic E-state index is -0.861. The largest absolute Gasteiger partial charge is 0.497 e. The Morgan fingerprint density at radius 2 is 1.72 bits per heavy atom. The fraction of sp³-hybridized carbons (Fsp3) is 0.143. The van der Waals surface area contributed by atoms with Gasteiger partial charge in [-0.25, -0.2) is 9.69 Å². The van der Waals surface area contributed by atoms with E-state index >= 15 is 0 Å². The molecule has 0 aromatic heterocycles. The lowest BCUT2D eigenvalue weighted by molar-refractivity contribution is -0.122. The van der Waals surface area contributed by atoms with Crippen molar-refractivity contribution in [2.75, 3.05) is 31.0 Å². The van der Waals surface area contributed by atoms with Crippen molar-refractivity contribution in [3.05, 3.63) is 82.4 Å². The summed E-state index contributed by atoms with van der Waals surface area (Å²) < 4.78 is 16.1. The van der Waals surface area contributed by atoms with Crippen LogP contribution in [0, 0.1) is 6.92 Å². The van der Waals surface area contributed by atoms with Crippen molar-refractivity contribution in [1.82, 2.24) is 5.32 Å². The minimum absolute atomic E-state index is 0.253. The molecule has 3 aromatic rings. The lowest BCUT2D eigenvalue weighted by Crippen LogP contribution is -2.54. The first-order valence-electron chi connectivity index (χ1n) is 11.6. The van der Waals surface area contributed by atoms with Crippen LogP contribution in [0.5, 0.6) is 17.2 Å². The van der Waals surface area contributed by atoms with Crippen molar-refractivity contribution in [2.45, 2.75) is 6.92 Å². The van der Waals surface area contributed by atoms with Crippen LogP contribution in [-0.4, -0.2) is 44.6 Å². The topological polar surface area (TPSA) is 123 Å². The number of imide groups is 2. The number of ether oxygens (including phenoxy) is 3. The van der Waals surface area contributed by atoms with Crippen LogP contribution in [0.3, 0.4) is 0 Å². The molecule has 10 nitrogen and oxygen atoms in total. The number of urea groups is 1. The van der Waals surface area contributed by atoms with Crippen LogP contribution in [0.1, 0.15) is 11.1 Å². The van der Waals surface area contributed by atoms with Gasteiger partial charge >= 0.3 is 6.03 Å². The first-order chi connectivity index (χ1) is 18.7. The molecule has 0 radical (unpaired) electrons. The summed E-state index contributed by atoms with van der Waals surface area (Å²) in [7, 11) is 2.91. The lowest BCUT2D eigenvalue weighted by Gasteiger charge is -2.26. The number of rotatable bonds is 8. The molecule has 0 bridgehead atoms. The Hall–Kier alpha value is -4.83. The van der Waals surface area contributed by atoms with E-state index in [1.807, 2.05) is 6.92 Å². The molecule has 5 amide bonds. The van der Waals surface area contributed by atoms with E-state index in [9.17, 15) is 19.2 Å². The second-order valence-electron chi connectivity index (χ2n) is 8.37. The number of benzene rings is 3. The average molecular weight is 550 g/mol. The molecule has 1 aliphatic heterocycles. The van der Waals surface area contributed by atoms with E-state index < -0.39 is 23.8 Å². The van der Waals surface area contributed by atoms with Gasteiger partial charge in [0.25, 0.3) is 17.7 Å². The Bertz CT molecular complexity index is 1480. The predicted octanol–water partition coefficient (Wildman–Crippen LogP) is 4.35. The highest BCUT2D eigenvalue weighted by atomic mass is 35.5. The third-order valence-electron chi connectivity index (χ3n) is 5.75. The second kappa shape index (κ2) is 11.7. The molecular formula is C28H24ClN3O7. The standard InChI is InChI=1S/C28H24ClN3O7/c1-16-4-6-18(14-22(16)29)30-25(33)15-39-23-11-5-17(13-24(23)38-3)12-21-26(34)31-28(36)32(27(21)35)19-7-9-20(37-2)10-8-19/h4-14H,15H2,1-3H3,(H,30,33)(H,31,34,36)/b21-12+. The molecule has 0 unspecified atom stereocenters. The summed E-state index contributed by atoms with van der Waals surface area (Å²) in [6.07, 6.45) is 1.33. The highest BCUT2D eigenvalue weighted by Crippen LogP contribution is 2.30. The number of nitrogens with zero attached hydrogens (tertiary/aromatic N) is 1. The normalized spacial score (nSPS) is 14.2. The van der Waals surface area contributed by atoms with E-state index in [0.29, 0.717) is 22.0 Å². The third kappa shape index (κ3) is 6.19. The maximum absolute atomic E-state index is 13.1. The highest BCUT2D eigenvalue weighted by molar-refractivity contribution is 6.39. The molecule has 2 N–H and O–H groups in total. The monoisotopic (exact) mass is 549 g/mol. The molecule has 39 heavy (non-hydrogen) atoms. The Morgan fingerprint density at radius 3 is 2.38 bits per heavy atom. The fourth-order valence-electron chi connectivity index (χ4n) is 3.69. The fourth-order valence-corrected chi connectivity index (χ4v) is 3.87. The minimum Gasteiger partial charge on any atom is -0.497 e. The van der Waals surface area contributed by atoms with Gasteiger partial charge in [-0.05, 0) is 72.7 Å². The molecule has 1 saturated heterocycles. The SMILES string of the molecule is COc1ccc(N2C(=O)NC(=O)/C(=C\c3ccc(OCC(=O)Nc4ccc(C)c(Cl)c4)c(OC)c3)C2=O)cc1. The first-order valence-corrected chi connectivity index (χ1v) is 12.0. The number of amides is 5. The number of carbonyl (C=O) groups is 4. The third-order valence-corrected chi connectivity index (χ3v) is 6.15. The van der Waals surface area contributed by atoms with Crippen molar-refractivity contribution in [2.24, 2.45) is 0 Å². The van der Waals surface area contributed by atoms with Gasteiger partial charge < -0.3 is 19.5 Å². The quantitative estimate of drug-likeness (QED) is 0.316. The molecule has 1 heterocycles. The van der Waals surface area contributed by atoms with Gasteiger partial charge in [0, 0.05) is 10.7 Å². The Balaban J connectivity index is 1.49. The molecule has 3 aromatic carbocycles. The maximum atomic E-state index is 13.1. The average Bonchev–Trinajstić information content (AvgIpc) is 2.92. The predicted molar refractivity (Wildman–Crippen MR) is 145 cm³/mol. The number of methoxy groups -OCH3 is 2. The van der Waals surface area contributed by atoms with Crippen LogP contribution in [0.25, 0.3) is 6.08 Å². The Kier molecular flexibility index (Phi) is 8.16. The summed E-state index contributed by atoms with van der Waals surface area (Å²) in [5, 5.41) is 5.41. The number of carbonyl (C=O) groups excluding carboxylic acids is 4. The van der Waals surface area contributed by atoms with Crippen molar-refractivity contribution in [3.8, 4) is 17.2 Å². The molecule has 0 saturated carbocycles. The summed E-state index contributed by atoms with van der Waals surface area (Å²) in [6, 6.07) is 15.2. The molecule has 0 atom stereocenters. The van der Waals surface area contributed by atoms with Gasteiger partial charge in [0.1, 0.15) is 11.3 Å². The van der Waals surface area contributed by atoms with Crippen LogP contribution >= 0.6 is 11.6 Å². The van der Waals surface area contributed by atoms with Gasteiger partial charge in [-0.2, -0.15) is 0 Å². The van der Waals surface area contributed by atoms with Crippen molar-refractivity contribution in [1.29, 1.82) is 0 Å². The van der Waals surface area contributed by atoms with E-state index in [1.54, 1.807) is 42.5 Å². The molecule has 200 valence electrons. The molecule has 0 aliphatic carbocycles. The van der Waals surface area contributed by atoms with Gasteiger partial charge in [-0.3, -0.25) is 19.7 Å². The highest BCUT2D eigenvalue weighted by Gasteiger charge is 2.36. The second-order valence-corrected chi connectivity index (χ2v) is 8.77. The number of hydrogen-bond donors (Lipinski definition) is 2. The van der Waals surface area contributed by atoms with Gasteiger partial charge in [0.15, 0.2) is 18.1 Å². The summed E-state index contributed by atoms with van der Waals surface area (Å²) >= 11 is 6.10. The van der Waals surface area contributed by atoms with E-state index in [0.717, 1.165) is 10.5 Å². The number of halogens is 1. The zero-order valence-electron chi connectivity index (χ0n) is 21.2. The van der Waals surface area contributed by atoms with Crippen LogP contribution in [-0.2, 0) is 14.4 Å². The van der Waals surface area contributed by atoms with Crippen LogP contribution in [0.4, 0.5) is 16.2 Å². The number of anilines is 2. The first kappa shape index (κ1) is 27.2. The Morgan fingerprint density at radius 1 is 0.974 bits per heavy atom. The Labute approximate surface area is 229 Å². The number of nitrogens with one attached hydrogen (secondary N) is 2. The number of aryl methyl sites for hydroxylation is 1. The van der Waals surface area contributed by atoms with Crippen molar-refractivity contribution in [3.63, 3.8) is 0 Å². The smallest absolute Gasteiger partial charge is 0.335 e. The molecule has 4 rings (SSSR count). The van der Waals surface area contributed by atoms with E-state index in [2.05, 4.69) is 10.6 Å². The zero-order valence-corrected chi connectivity index (χ0v) is 22.0. The van der Waals surface area contributed by atoms with Gasteiger partial charge in [0.05, 0.1) is 19.9 Å². The summed E-state index contributed by atoms with van der Waals surface area (Å²) in [6.45, 7) is 1.55. The van der Waals surface area contributed by atoms with Gasteiger partial charge in [-0.1, -0.05) is 23.7 Å². The van der Waals surface area contributed by atoms with Crippen molar-refractivity contribution >= 4 is 52.8 Å². The molecule has 0 spiro atoms. The van der Waals surface area contributed by atoms with E-state index in [1.165, 1.54) is 38.5 Å². The molecule has 1 aliphatic rings. The van der Waals surface area contributed by atoms with Crippen LogP contribution < -0.4 is 29.7 Å². The lowest BCUT2D eigenvalue weighted by atomic mass is 10.1. The van der Waals surface area contributed by atoms with Crippen LogP contribution in [0.2, 0.25) is 5.02 Å². The summed E-state index contributed by atoms with van der Waals surface area (Å²) in [5.74, 6) is -0.950. The molecule has 11 heteroatoms. The van der Waals surface area contributed by atoms with E-state index in [4.69, 9.17) is 25.8 Å². The van der Waals surface area contributed by atoms with Gasteiger partial charge in [-0.15, -0.1) is 0 Å². The summed E-state index contributed by atoms with van der Waals surface area (Å²) in [4.78, 5) is 51.3. The number of barbiturate groups is 1.